The quantitative estimate of drug-likeness (QED) is 0.587. The molecule has 0 aromatic heterocycles. The van der Waals surface area contributed by atoms with E-state index >= 15 is 0 Å². The van der Waals surface area contributed by atoms with Crippen molar-refractivity contribution in [3.05, 3.63) is 0 Å². The van der Waals surface area contributed by atoms with Crippen LogP contribution in [-0.4, -0.2) is 75.5 Å². The minimum Gasteiger partial charge on any atom is -0.480 e. The Morgan fingerprint density at radius 1 is 1.29 bits per heavy atom. The minimum absolute atomic E-state index is 0.0415. The first-order chi connectivity index (χ1) is 7.95. The molecule has 1 aliphatic rings. The Kier molecular flexibility index (Phi) is 4.71. The van der Waals surface area contributed by atoms with Crippen LogP contribution in [0.4, 0.5) is 4.79 Å². The Hall–Kier alpha value is -1.34. The predicted molar refractivity (Wildman–Crippen MR) is 58.5 cm³/mol. The first-order valence-corrected chi connectivity index (χ1v) is 5.57. The van der Waals surface area contributed by atoms with Crippen LogP contribution in [0.2, 0.25) is 0 Å². The van der Waals surface area contributed by atoms with Crippen molar-refractivity contribution >= 4 is 12.0 Å². The van der Waals surface area contributed by atoms with Gasteiger partial charge in [0.1, 0.15) is 6.54 Å². The van der Waals surface area contributed by atoms with Gasteiger partial charge in [-0.2, -0.15) is 0 Å². The summed E-state index contributed by atoms with van der Waals surface area (Å²) in [6, 6.07) is -0.454. The third-order valence-electron chi connectivity index (χ3n) is 2.62. The number of hydrogen-bond donors (Lipinski definition) is 3. The van der Waals surface area contributed by atoms with E-state index in [1.54, 1.807) is 0 Å². The van der Waals surface area contributed by atoms with E-state index < -0.39 is 24.2 Å². The van der Waals surface area contributed by atoms with Crippen molar-refractivity contribution in [3.8, 4) is 0 Å². The van der Waals surface area contributed by atoms with Crippen molar-refractivity contribution in [1.29, 1.82) is 0 Å². The molecule has 0 spiro atoms. The summed E-state index contributed by atoms with van der Waals surface area (Å²) in [7, 11) is 0. The summed E-state index contributed by atoms with van der Waals surface area (Å²) in [5, 5.41) is 27.4. The van der Waals surface area contributed by atoms with Gasteiger partial charge in [0, 0.05) is 6.54 Å². The van der Waals surface area contributed by atoms with Gasteiger partial charge in [0.25, 0.3) is 0 Å². The summed E-state index contributed by atoms with van der Waals surface area (Å²) in [5.41, 5.74) is 0. The van der Waals surface area contributed by atoms with Crippen LogP contribution in [0.1, 0.15) is 13.3 Å². The molecule has 2 amide bonds. The lowest BCUT2D eigenvalue weighted by Crippen LogP contribution is -2.45. The van der Waals surface area contributed by atoms with Crippen LogP contribution in [0, 0.1) is 0 Å². The molecular formula is C10H18N2O5. The minimum atomic E-state index is -1.08. The molecule has 2 atom stereocenters. The number of β-amino-alcohol motifs (C(OH)–C–C–N with tert-alkyl or cyclic N) is 2. The zero-order valence-corrected chi connectivity index (χ0v) is 9.74. The molecular weight excluding hydrogens is 228 g/mol. The largest absolute Gasteiger partial charge is 0.480 e. The van der Waals surface area contributed by atoms with Gasteiger partial charge in [-0.15, -0.1) is 0 Å². The zero-order chi connectivity index (χ0) is 13.0. The highest BCUT2D eigenvalue weighted by molar-refractivity contribution is 5.80. The van der Waals surface area contributed by atoms with Gasteiger partial charge in [0.15, 0.2) is 0 Å². The van der Waals surface area contributed by atoms with Crippen molar-refractivity contribution in [3.63, 3.8) is 0 Å². The lowest BCUT2D eigenvalue weighted by atomic mass is 10.3. The van der Waals surface area contributed by atoms with Crippen LogP contribution in [0.25, 0.3) is 0 Å². The highest BCUT2D eigenvalue weighted by atomic mass is 16.4. The molecule has 0 aromatic carbocycles. The Balaban J connectivity index is 2.61. The maximum absolute atomic E-state index is 11.9. The van der Waals surface area contributed by atoms with Crippen molar-refractivity contribution in [1.82, 2.24) is 9.80 Å². The molecule has 0 radical (unpaired) electrons. The third kappa shape index (κ3) is 3.57. The average Bonchev–Trinajstić information content (AvgIpc) is 2.57. The highest BCUT2D eigenvalue weighted by Crippen LogP contribution is 2.12. The van der Waals surface area contributed by atoms with Crippen LogP contribution < -0.4 is 0 Å². The molecule has 2 unspecified atom stereocenters. The van der Waals surface area contributed by atoms with Crippen molar-refractivity contribution in [2.24, 2.45) is 0 Å². The molecule has 1 rings (SSSR count). The number of urea groups is 1. The second-order valence-corrected chi connectivity index (χ2v) is 4.14. The second kappa shape index (κ2) is 5.83. The van der Waals surface area contributed by atoms with E-state index in [1.807, 2.05) is 6.92 Å². The first kappa shape index (κ1) is 13.7. The van der Waals surface area contributed by atoms with Gasteiger partial charge >= 0.3 is 12.0 Å². The summed E-state index contributed by atoms with van der Waals surface area (Å²) in [6.45, 7) is 1.90. The van der Waals surface area contributed by atoms with E-state index in [-0.39, 0.29) is 19.6 Å². The molecule has 1 saturated heterocycles. The number of carbonyl (C=O) groups is 2. The third-order valence-corrected chi connectivity index (χ3v) is 2.62. The van der Waals surface area contributed by atoms with E-state index in [1.165, 1.54) is 9.80 Å². The summed E-state index contributed by atoms with van der Waals surface area (Å²) < 4.78 is 0. The zero-order valence-electron chi connectivity index (χ0n) is 9.74. The smallest absolute Gasteiger partial charge is 0.323 e. The Morgan fingerprint density at radius 2 is 1.82 bits per heavy atom. The lowest BCUT2D eigenvalue weighted by Gasteiger charge is -2.26. The molecule has 0 bridgehead atoms. The number of carboxylic acid groups (broad SMARTS) is 1. The average molecular weight is 246 g/mol. The Labute approximate surface area is 99.2 Å². The van der Waals surface area contributed by atoms with E-state index in [0.717, 1.165) is 0 Å². The topological polar surface area (TPSA) is 101 Å². The number of rotatable bonds is 4. The summed E-state index contributed by atoms with van der Waals surface area (Å²) in [4.78, 5) is 25.0. The molecule has 0 saturated carbocycles. The van der Waals surface area contributed by atoms with Crippen molar-refractivity contribution in [2.45, 2.75) is 25.6 Å². The van der Waals surface area contributed by atoms with E-state index in [2.05, 4.69) is 0 Å². The normalized spacial score (nSPS) is 23.8. The molecule has 98 valence electrons. The van der Waals surface area contributed by atoms with Crippen LogP contribution in [0.15, 0.2) is 0 Å². The molecule has 7 nitrogen and oxygen atoms in total. The van der Waals surface area contributed by atoms with Gasteiger partial charge in [-0.1, -0.05) is 6.92 Å². The van der Waals surface area contributed by atoms with Gasteiger partial charge in [-0.05, 0) is 6.42 Å². The van der Waals surface area contributed by atoms with Crippen LogP contribution in [0.3, 0.4) is 0 Å². The number of aliphatic carboxylic acids is 1. The Morgan fingerprint density at radius 3 is 2.24 bits per heavy atom. The molecule has 17 heavy (non-hydrogen) atoms. The van der Waals surface area contributed by atoms with Crippen molar-refractivity contribution in [2.75, 3.05) is 26.2 Å². The Bertz CT molecular complexity index is 286. The van der Waals surface area contributed by atoms with Gasteiger partial charge in [0.05, 0.1) is 25.3 Å². The number of carbonyl (C=O) groups excluding carboxylic acids is 1. The van der Waals surface area contributed by atoms with Gasteiger partial charge in [0.2, 0.25) is 0 Å². The number of nitrogens with zero attached hydrogens (tertiary/aromatic N) is 2. The van der Waals surface area contributed by atoms with Crippen LogP contribution >= 0.6 is 0 Å². The van der Waals surface area contributed by atoms with Crippen molar-refractivity contribution < 1.29 is 24.9 Å². The molecule has 0 aliphatic carbocycles. The lowest BCUT2D eigenvalue weighted by molar-refractivity contribution is -0.137. The SMILES string of the molecule is CCCN(CC(=O)O)C(=O)N1CC(O)C(O)C1. The molecule has 1 fully saturated rings. The fraction of sp³-hybridized carbons (Fsp3) is 0.800. The molecule has 1 aliphatic heterocycles. The fourth-order valence-electron chi connectivity index (χ4n) is 1.80. The van der Waals surface area contributed by atoms with Crippen LogP contribution in [0.5, 0.6) is 0 Å². The van der Waals surface area contributed by atoms with Gasteiger partial charge < -0.3 is 25.1 Å². The number of amides is 2. The van der Waals surface area contributed by atoms with Gasteiger partial charge in [-0.25, -0.2) is 4.79 Å². The molecule has 0 aromatic rings. The fourth-order valence-corrected chi connectivity index (χ4v) is 1.80. The van der Waals surface area contributed by atoms with Gasteiger partial charge in [-0.3, -0.25) is 4.79 Å². The number of carboxylic acids is 1. The molecule has 1 heterocycles. The number of aliphatic hydroxyl groups is 2. The second-order valence-electron chi connectivity index (χ2n) is 4.14. The maximum Gasteiger partial charge on any atom is 0.323 e. The van der Waals surface area contributed by atoms with E-state index in [9.17, 15) is 19.8 Å². The number of likely N-dealkylation sites (tertiary alicyclic amines) is 1. The molecule has 3 N–H and O–H groups in total. The monoisotopic (exact) mass is 246 g/mol. The van der Waals surface area contributed by atoms with E-state index in [0.29, 0.717) is 13.0 Å². The standard InChI is InChI=1S/C10H18N2O5/c1-2-3-11(6-9(15)16)10(17)12-4-7(13)8(14)5-12/h7-8,13-14H,2-6H2,1H3,(H,15,16). The predicted octanol–water partition coefficient (Wildman–Crippen LogP) is -1.06. The molecule has 7 heteroatoms. The maximum atomic E-state index is 11.9. The number of aliphatic hydroxyl groups excluding tert-OH is 2. The first-order valence-electron chi connectivity index (χ1n) is 5.57. The summed E-state index contributed by atoms with van der Waals surface area (Å²) in [6.07, 6.45) is -1.25. The van der Waals surface area contributed by atoms with E-state index in [4.69, 9.17) is 5.11 Å². The summed E-state index contributed by atoms with van der Waals surface area (Å²) in [5.74, 6) is -1.08. The van der Waals surface area contributed by atoms with Crippen LogP contribution in [-0.2, 0) is 4.79 Å². The summed E-state index contributed by atoms with van der Waals surface area (Å²) >= 11 is 0. The highest BCUT2D eigenvalue weighted by Gasteiger charge is 2.34. The number of hydrogen-bond acceptors (Lipinski definition) is 4.